The standard InChI is InChI=1S/C22H23NO3/c24-21(11-10-17-12-18-8-4-5-9-19(18)13-17)23-20(15-26-22(23)25)14-16-6-2-1-3-7-16/h1-9,17,20H,10-15H2/t20-/m0/s1. The Hall–Kier alpha value is -2.62. The van der Waals surface area contributed by atoms with Crippen molar-refractivity contribution < 1.29 is 14.3 Å². The summed E-state index contributed by atoms with van der Waals surface area (Å²) < 4.78 is 5.16. The molecule has 1 aliphatic heterocycles. The fourth-order valence-electron chi connectivity index (χ4n) is 4.10. The van der Waals surface area contributed by atoms with Gasteiger partial charge in [-0.05, 0) is 48.3 Å². The number of fused-ring (bicyclic) bond motifs is 1. The van der Waals surface area contributed by atoms with Gasteiger partial charge in [-0.1, -0.05) is 54.6 Å². The molecule has 1 heterocycles. The van der Waals surface area contributed by atoms with Gasteiger partial charge in [0.05, 0.1) is 6.04 Å². The highest BCUT2D eigenvalue weighted by atomic mass is 16.6. The summed E-state index contributed by atoms with van der Waals surface area (Å²) in [7, 11) is 0. The van der Waals surface area contributed by atoms with Gasteiger partial charge in [-0.3, -0.25) is 4.79 Å². The number of carbonyl (C=O) groups excluding carboxylic acids is 2. The first-order valence-electron chi connectivity index (χ1n) is 9.30. The maximum absolute atomic E-state index is 12.7. The zero-order chi connectivity index (χ0) is 17.9. The van der Waals surface area contributed by atoms with E-state index in [1.165, 1.54) is 16.0 Å². The highest BCUT2D eigenvalue weighted by Gasteiger charge is 2.37. The lowest BCUT2D eigenvalue weighted by molar-refractivity contribution is -0.129. The topological polar surface area (TPSA) is 46.6 Å². The summed E-state index contributed by atoms with van der Waals surface area (Å²) in [6, 6.07) is 18.2. The van der Waals surface area contributed by atoms with Crippen molar-refractivity contribution in [1.82, 2.24) is 4.90 Å². The molecule has 1 fully saturated rings. The number of benzene rings is 2. The average Bonchev–Trinajstić information content (AvgIpc) is 3.24. The Morgan fingerprint density at radius 3 is 2.35 bits per heavy atom. The molecule has 134 valence electrons. The van der Waals surface area contributed by atoms with Gasteiger partial charge >= 0.3 is 6.09 Å². The molecule has 0 spiro atoms. The summed E-state index contributed by atoms with van der Waals surface area (Å²) in [6.07, 6.45) is 3.43. The first kappa shape index (κ1) is 16.8. The van der Waals surface area contributed by atoms with Crippen LogP contribution in [0.25, 0.3) is 0 Å². The van der Waals surface area contributed by atoms with E-state index in [0.717, 1.165) is 24.8 Å². The molecule has 4 rings (SSSR count). The smallest absolute Gasteiger partial charge is 0.416 e. The van der Waals surface area contributed by atoms with Gasteiger partial charge in [0.2, 0.25) is 5.91 Å². The third kappa shape index (κ3) is 3.50. The molecule has 2 aliphatic rings. The quantitative estimate of drug-likeness (QED) is 0.825. The predicted octanol–water partition coefficient (Wildman–Crippen LogP) is 3.77. The number of carbonyl (C=O) groups is 2. The molecule has 2 aromatic rings. The number of rotatable bonds is 5. The Labute approximate surface area is 153 Å². The summed E-state index contributed by atoms with van der Waals surface area (Å²) in [5.41, 5.74) is 3.90. The predicted molar refractivity (Wildman–Crippen MR) is 98.7 cm³/mol. The minimum atomic E-state index is -0.495. The average molecular weight is 349 g/mol. The lowest BCUT2D eigenvalue weighted by atomic mass is 9.99. The van der Waals surface area contributed by atoms with Crippen LogP contribution in [0.4, 0.5) is 4.79 Å². The molecule has 1 saturated heterocycles. The van der Waals surface area contributed by atoms with Crippen LogP contribution in [-0.4, -0.2) is 29.5 Å². The van der Waals surface area contributed by atoms with Crippen molar-refractivity contribution in [1.29, 1.82) is 0 Å². The van der Waals surface area contributed by atoms with Crippen molar-refractivity contribution in [3.63, 3.8) is 0 Å². The lowest BCUT2D eigenvalue weighted by Gasteiger charge is -2.20. The van der Waals surface area contributed by atoms with Crippen LogP contribution in [0.15, 0.2) is 54.6 Å². The van der Waals surface area contributed by atoms with Crippen molar-refractivity contribution >= 4 is 12.0 Å². The molecular weight excluding hydrogens is 326 g/mol. The molecule has 4 heteroatoms. The van der Waals surface area contributed by atoms with Crippen LogP contribution in [0.3, 0.4) is 0 Å². The molecular formula is C22H23NO3. The Bertz CT molecular complexity index is 777. The summed E-state index contributed by atoms with van der Waals surface area (Å²) in [4.78, 5) is 26.1. The second kappa shape index (κ2) is 7.32. The Morgan fingerprint density at radius 2 is 1.65 bits per heavy atom. The normalized spacial score (nSPS) is 19.5. The molecule has 0 unspecified atom stereocenters. The molecule has 4 nitrogen and oxygen atoms in total. The number of amides is 2. The molecule has 0 radical (unpaired) electrons. The number of hydrogen-bond acceptors (Lipinski definition) is 3. The van der Waals surface area contributed by atoms with Crippen molar-refractivity contribution in [2.75, 3.05) is 6.61 Å². The van der Waals surface area contributed by atoms with Crippen LogP contribution in [0, 0.1) is 5.92 Å². The molecule has 0 saturated carbocycles. The largest absolute Gasteiger partial charge is 0.447 e. The number of cyclic esters (lactones) is 1. The summed E-state index contributed by atoms with van der Waals surface area (Å²) in [6.45, 7) is 0.286. The summed E-state index contributed by atoms with van der Waals surface area (Å²) >= 11 is 0. The summed E-state index contributed by atoms with van der Waals surface area (Å²) in [5, 5.41) is 0. The van der Waals surface area contributed by atoms with E-state index in [1.54, 1.807) is 0 Å². The number of hydrogen-bond donors (Lipinski definition) is 0. The van der Waals surface area contributed by atoms with Crippen LogP contribution >= 0.6 is 0 Å². The van der Waals surface area contributed by atoms with Crippen molar-refractivity contribution in [2.24, 2.45) is 5.92 Å². The minimum Gasteiger partial charge on any atom is -0.447 e. The van der Waals surface area contributed by atoms with Gasteiger partial charge in [-0.2, -0.15) is 0 Å². The van der Waals surface area contributed by atoms with Gasteiger partial charge in [0.25, 0.3) is 0 Å². The fourth-order valence-corrected chi connectivity index (χ4v) is 4.10. The van der Waals surface area contributed by atoms with Crippen molar-refractivity contribution in [2.45, 2.75) is 38.1 Å². The van der Waals surface area contributed by atoms with E-state index in [9.17, 15) is 9.59 Å². The van der Waals surface area contributed by atoms with E-state index in [4.69, 9.17) is 4.74 Å². The highest BCUT2D eigenvalue weighted by Crippen LogP contribution is 2.30. The van der Waals surface area contributed by atoms with E-state index >= 15 is 0 Å². The van der Waals surface area contributed by atoms with Crippen LogP contribution in [-0.2, 0) is 28.8 Å². The SMILES string of the molecule is O=C(CCC1Cc2ccccc2C1)N1C(=O)OC[C@@H]1Cc1ccccc1. The number of nitrogens with zero attached hydrogens (tertiary/aromatic N) is 1. The first-order valence-corrected chi connectivity index (χ1v) is 9.30. The third-order valence-corrected chi connectivity index (χ3v) is 5.45. The maximum Gasteiger partial charge on any atom is 0.416 e. The summed E-state index contributed by atoms with van der Waals surface area (Å²) in [5.74, 6) is 0.381. The molecule has 1 atom stereocenters. The highest BCUT2D eigenvalue weighted by molar-refractivity contribution is 5.93. The molecule has 0 aromatic heterocycles. The maximum atomic E-state index is 12.7. The third-order valence-electron chi connectivity index (χ3n) is 5.45. The van der Waals surface area contributed by atoms with Crippen LogP contribution < -0.4 is 0 Å². The molecule has 0 N–H and O–H groups in total. The van der Waals surface area contributed by atoms with Gasteiger partial charge in [0.1, 0.15) is 6.61 Å². The Balaban J connectivity index is 1.35. The zero-order valence-electron chi connectivity index (χ0n) is 14.8. The second-order valence-corrected chi connectivity index (χ2v) is 7.27. The van der Waals surface area contributed by atoms with Crippen molar-refractivity contribution in [3.05, 3.63) is 71.3 Å². The Morgan fingerprint density at radius 1 is 1.00 bits per heavy atom. The van der Waals surface area contributed by atoms with Crippen LogP contribution in [0.1, 0.15) is 29.5 Å². The fraction of sp³-hybridized carbons (Fsp3) is 0.364. The Kier molecular flexibility index (Phi) is 4.74. The van der Waals surface area contributed by atoms with E-state index in [2.05, 4.69) is 24.3 Å². The van der Waals surface area contributed by atoms with Gasteiger partial charge in [0, 0.05) is 6.42 Å². The monoisotopic (exact) mass is 349 g/mol. The zero-order valence-corrected chi connectivity index (χ0v) is 14.8. The second-order valence-electron chi connectivity index (χ2n) is 7.27. The molecule has 2 aromatic carbocycles. The van der Waals surface area contributed by atoms with E-state index < -0.39 is 6.09 Å². The van der Waals surface area contributed by atoms with Gasteiger partial charge in [-0.15, -0.1) is 0 Å². The molecule has 26 heavy (non-hydrogen) atoms. The van der Waals surface area contributed by atoms with Crippen LogP contribution in [0.2, 0.25) is 0 Å². The van der Waals surface area contributed by atoms with Gasteiger partial charge in [0.15, 0.2) is 0 Å². The first-order chi connectivity index (χ1) is 12.7. The molecule has 1 aliphatic carbocycles. The van der Waals surface area contributed by atoms with Crippen LogP contribution in [0.5, 0.6) is 0 Å². The minimum absolute atomic E-state index is 0.107. The number of imide groups is 1. The number of ether oxygens (including phenoxy) is 1. The van der Waals surface area contributed by atoms with Gasteiger partial charge < -0.3 is 4.74 Å². The van der Waals surface area contributed by atoms with Gasteiger partial charge in [-0.25, -0.2) is 9.69 Å². The lowest BCUT2D eigenvalue weighted by Crippen LogP contribution is -2.40. The van der Waals surface area contributed by atoms with E-state index in [0.29, 0.717) is 18.8 Å². The van der Waals surface area contributed by atoms with E-state index in [1.807, 2.05) is 30.3 Å². The van der Waals surface area contributed by atoms with Crippen molar-refractivity contribution in [3.8, 4) is 0 Å². The molecule has 2 amide bonds. The molecule has 0 bridgehead atoms. The van der Waals surface area contributed by atoms with E-state index in [-0.39, 0.29) is 18.6 Å².